The molecular formula is C16H25ClN2O3. The summed E-state index contributed by atoms with van der Waals surface area (Å²) in [4.78, 5) is 14.5. The maximum Gasteiger partial charge on any atom is 0.251 e. The van der Waals surface area contributed by atoms with E-state index in [1.54, 1.807) is 0 Å². The van der Waals surface area contributed by atoms with E-state index in [4.69, 9.17) is 16.3 Å². The molecule has 0 heterocycles. The Bertz CT molecular complexity index is 544. The zero-order chi connectivity index (χ0) is 17.1. The van der Waals surface area contributed by atoms with E-state index in [2.05, 4.69) is 24.1 Å². The highest BCUT2D eigenvalue weighted by atomic mass is 35.5. The second kappa shape index (κ2) is 7.20. The molecule has 1 atom stereocenters. The number of amides is 1. The SMILES string of the molecule is COc1cc(C(=O)N[C@H](C)C(C)(C)CN(C)C)cc(Cl)c1O. The molecule has 22 heavy (non-hydrogen) atoms. The van der Waals surface area contributed by atoms with E-state index in [9.17, 15) is 9.90 Å². The Morgan fingerprint density at radius 2 is 2.05 bits per heavy atom. The normalized spacial score (nSPS) is 13.1. The van der Waals surface area contributed by atoms with Gasteiger partial charge in [-0.2, -0.15) is 0 Å². The molecule has 1 aromatic carbocycles. The minimum Gasteiger partial charge on any atom is -0.503 e. The third-order valence-corrected chi connectivity index (χ3v) is 4.04. The number of carbonyl (C=O) groups is 1. The van der Waals surface area contributed by atoms with Crippen LogP contribution < -0.4 is 10.1 Å². The van der Waals surface area contributed by atoms with Gasteiger partial charge < -0.3 is 20.1 Å². The average Bonchev–Trinajstić information content (AvgIpc) is 2.39. The second-order valence-electron chi connectivity index (χ2n) is 6.43. The lowest BCUT2D eigenvalue weighted by molar-refractivity contribution is 0.0885. The molecule has 0 bridgehead atoms. The third-order valence-electron chi connectivity index (χ3n) is 3.75. The topological polar surface area (TPSA) is 61.8 Å². The van der Waals surface area contributed by atoms with Crippen molar-refractivity contribution < 1.29 is 14.6 Å². The highest BCUT2D eigenvalue weighted by Crippen LogP contribution is 2.35. The minimum atomic E-state index is -0.250. The number of hydrogen-bond acceptors (Lipinski definition) is 4. The Labute approximate surface area is 137 Å². The predicted octanol–water partition coefficient (Wildman–Crippen LogP) is 2.76. The molecule has 6 heteroatoms. The Morgan fingerprint density at radius 1 is 1.45 bits per heavy atom. The monoisotopic (exact) mass is 328 g/mol. The summed E-state index contributed by atoms with van der Waals surface area (Å²) in [7, 11) is 5.41. The van der Waals surface area contributed by atoms with Crippen LogP contribution in [0.1, 0.15) is 31.1 Å². The van der Waals surface area contributed by atoms with Crippen LogP contribution in [0.25, 0.3) is 0 Å². The van der Waals surface area contributed by atoms with Gasteiger partial charge in [0.2, 0.25) is 0 Å². The molecule has 0 aromatic heterocycles. The lowest BCUT2D eigenvalue weighted by atomic mass is 9.84. The molecular weight excluding hydrogens is 304 g/mol. The summed E-state index contributed by atoms with van der Waals surface area (Å²) in [5, 5.41) is 12.8. The zero-order valence-electron chi connectivity index (χ0n) is 14.0. The van der Waals surface area contributed by atoms with E-state index in [1.165, 1.54) is 19.2 Å². The highest BCUT2D eigenvalue weighted by Gasteiger charge is 2.28. The summed E-state index contributed by atoms with van der Waals surface area (Å²) < 4.78 is 5.02. The van der Waals surface area contributed by atoms with Crippen molar-refractivity contribution in [1.82, 2.24) is 10.2 Å². The Hall–Kier alpha value is -1.46. The van der Waals surface area contributed by atoms with Crippen molar-refractivity contribution in [2.24, 2.45) is 5.41 Å². The summed E-state index contributed by atoms with van der Waals surface area (Å²) >= 11 is 5.92. The van der Waals surface area contributed by atoms with Crippen molar-refractivity contribution in [1.29, 1.82) is 0 Å². The first-order valence-electron chi connectivity index (χ1n) is 7.10. The zero-order valence-corrected chi connectivity index (χ0v) is 14.8. The van der Waals surface area contributed by atoms with E-state index in [1.807, 2.05) is 21.0 Å². The van der Waals surface area contributed by atoms with Gasteiger partial charge in [-0.3, -0.25) is 4.79 Å². The molecule has 0 aliphatic carbocycles. The number of rotatable bonds is 6. The Kier molecular flexibility index (Phi) is 6.08. The Morgan fingerprint density at radius 3 is 2.55 bits per heavy atom. The van der Waals surface area contributed by atoms with Crippen LogP contribution in [-0.4, -0.2) is 49.7 Å². The third kappa shape index (κ3) is 4.52. The van der Waals surface area contributed by atoms with Gasteiger partial charge in [0.15, 0.2) is 11.5 Å². The molecule has 2 N–H and O–H groups in total. The lowest BCUT2D eigenvalue weighted by Gasteiger charge is -2.34. The van der Waals surface area contributed by atoms with Crippen LogP contribution >= 0.6 is 11.6 Å². The number of halogens is 1. The maximum absolute atomic E-state index is 12.4. The van der Waals surface area contributed by atoms with Crippen LogP contribution in [0, 0.1) is 5.41 Å². The molecule has 0 fully saturated rings. The number of carbonyl (C=O) groups excluding carboxylic acids is 1. The number of hydrogen-bond donors (Lipinski definition) is 2. The molecule has 0 aliphatic rings. The summed E-state index contributed by atoms with van der Waals surface area (Å²) in [6.07, 6.45) is 0. The van der Waals surface area contributed by atoms with Crippen LogP contribution in [0.5, 0.6) is 11.5 Å². The van der Waals surface area contributed by atoms with Gasteiger partial charge in [-0.05, 0) is 38.6 Å². The number of ether oxygens (including phenoxy) is 1. The summed E-state index contributed by atoms with van der Waals surface area (Å²) in [6.45, 7) is 7.01. The van der Waals surface area contributed by atoms with Gasteiger partial charge in [0.1, 0.15) is 0 Å². The smallest absolute Gasteiger partial charge is 0.251 e. The van der Waals surface area contributed by atoms with Crippen molar-refractivity contribution in [2.75, 3.05) is 27.7 Å². The number of phenolic OH excluding ortho intramolecular Hbond substituents is 1. The number of aromatic hydroxyl groups is 1. The van der Waals surface area contributed by atoms with Gasteiger partial charge in [0.05, 0.1) is 12.1 Å². The van der Waals surface area contributed by atoms with Crippen molar-refractivity contribution in [3.8, 4) is 11.5 Å². The molecule has 124 valence electrons. The standard InChI is InChI=1S/C16H25ClN2O3/c1-10(16(2,3)9-19(4)5)18-15(21)11-7-12(17)14(20)13(8-11)22-6/h7-8,10,20H,9H2,1-6H3,(H,18,21)/t10-/m1/s1. The van der Waals surface area contributed by atoms with Gasteiger partial charge in [-0.15, -0.1) is 0 Å². The number of benzene rings is 1. The van der Waals surface area contributed by atoms with Crippen LogP contribution in [0.4, 0.5) is 0 Å². The first-order chi connectivity index (χ1) is 10.1. The average molecular weight is 329 g/mol. The fourth-order valence-electron chi connectivity index (χ4n) is 2.29. The molecule has 0 saturated heterocycles. The highest BCUT2D eigenvalue weighted by molar-refractivity contribution is 6.32. The van der Waals surface area contributed by atoms with E-state index < -0.39 is 0 Å². The van der Waals surface area contributed by atoms with Crippen LogP contribution in [-0.2, 0) is 0 Å². The quantitative estimate of drug-likeness (QED) is 0.843. The number of phenols is 1. The first-order valence-corrected chi connectivity index (χ1v) is 7.48. The second-order valence-corrected chi connectivity index (χ2v) is 6.84. The van der Waals surface area contributed by atoms with Crippen molar-refractivity contribution in [2.45, 2.75) is 26.8 Å². The fourth-order valence-corrected chi connectivity index (χ4v) is 2.50. The molecule has 0 spiro atoms. The van der Waals surface area contributed by atoms with E-state index >= 15 is 0 Å². The molecule has 0 radical (unpaired) electrons. The fraction of sp³-hybridized carbons (Fsp3) is 0.562. The van der Waals surface area contributed by atoms with Crippen molar-refractivity contribution in [3.63, 3.8) is 0 Å². The van der Waals surface area contributed by atoms with Gasteiger partial charge >= 0.3 is 0 Å². The molecule has 0 aliphatic heterocycles. The van der Waals surface area contributed by atoms with Gasteiger partial charge in [0, 0.05) is 18.2 Å². The number of nitrogens with one attached hydrogen (secondary N) is 1. The summed E-state index contributed by atoms with van der Waals surface area (Å²) in [5.74, 6) is -0.237. The van der Waals surface area contributed by atoms with E-state index in [-0.39, 0.29) is 33.9 Å². The largest absolute Gasteiger partial charge is 0.503 e. The van der Waals surface area contributed by atoms with Crippen LogP contribution in [0.2, 0.25) is 5.02 Å². The predicted molar refractivity (Wildman–Crippen MR) is 88.9 cm³/mol. The van der Waals surface area contributed by atoms with E-state index in [0.29, 0.717) is 5.56 Å². The molecule has 5 nitrogen and oxygen atoms in total. The van der Waals surface area contributed by atoms with Gasteiger partial charge in [-0.25, -0.2) is 0 Å². The molecule has 1 aromatic rings. The van der Waals surface area contributed by atoms with Crippen molar-refractivity contribution >= 4 is 17.5 Å². The first kappa shape index (κ1) is 18.6. The Balaban J connectivity index is 2.92. The van der Waals surface area contributed by atoms with Crippen LogP contribution in [0.15, 0.2) is 12.1 Å². The molecule has 0 unspecified atom stereocenters. The van der Waals surface area contributed by atoms with E-state index in [0.717, 1.165) is 6.54 Å². The van der Waals surface area contributed by atoms with Crippen molar-refractivity contribution in [3.05, 3.63) is 22.7 Å². The summed E-state index contributed by atoms with van der Waals surface area (Å²) in [5.41, 5.74) is 0.261. The molecule has 1 rings (SSSR count). The number of nitrogens with zero attached hydrogens (tertiary/aromatic N) is 1. The van der Waals surface area contributed by atoms with Gasteiger partial charge in [0.25, 0.3) is 5.91 Å². The molecule has 0 saturated carbocycles. The molecule has 1 amide bonds. The van der Waals surface area contributed by atoms with Gasteiger partial charge in [-0.1, -0.05) is 25.4 Å². The minimum absolute atomic E-state index is 0.0408. The summed E-state index contributed by atoms with van der Waals surface area (Å²) in [6, 6.07) is 2.86. The lowest BCUT2D eigenvalue weighted by Crippen LogP contribution is -2.47. The van der Waals surface area contributed by atoms with Crippen LogP contribution in [0.3, 0.4) is 0 Å². The maximum atomic E-state index is 12.4. The number of methoxy groups -OCH3 is 1.